The Kier molecular flexibility index (Phi) is 7.85. The van der Waals surface area contributed by atoms with Crippen LogP contribution in [0.2, 0.25) is 18.1 Å². The van der Waals surface area contributed by atoms with Gasteiger partial charge >= 0.3 is 0 Å². The van der Waals surface area contributed by atoms with Gasteiger partial charge in [-0.15, -0.1) is 0 Å². The summed E-state index contributed by atoms with van der Waals surface area (Å²) in [5.41, 5.74) is 0.567. The van der Waals surface area contributed by atoms with E-state index in [0.29, 0.717) is 18.4 Å². The molecule has 3 unspecified atom stereocenters. The molecule has 0 radical (unpaired) electrons. The van der Waals surface area contributed by atoms with E-state index in [1.165, 1.54) is 51.4 Å². The second kappa shape index (κ2) is 10.2. The molecule has 5 nitrogen and oxygen atoms in total. The van der Waals surface area contributed by atoms with Crippen molar-refractivity contribution in [3.63, 3.8) is 0 Å². The lowest BCUT2D eigenvalue weighted by atomic mass is 9.58. The second-order valence-corrected chi connectivity index (χ2v) is 16.9. The molecule has 3 aliphatic rings. The van der Waals surface area contributed by atoms with E-state index in [2.05, 4.69) is 58.1 Å². The van der Waals surface area contributed by atoms with Crippen molar-refractivity contribution in [2.24, 2.45) is 11.8 Å². The highest BCUT2D eigenvalue weighted by molar-refractivity contribution is 6.74. The molecule has 192 valence electrons. The van der Waals surface area contributed by atoms with Crippen molar-refractivity contribution < 1.29 is 24.0 Å². The van der Waals surface area contributed by atoms with Gasteiger partial charge in [0, 0.05) is 12.2 Å². The molecule has 0 aromatic heterocycles. The van der Waals surface area contributed by atoms with Gasteiger partial charge in [-0.2, -0.15) is 4.89 Å². The summed E-state index contributed by atoms with van der Waals surface area (Å²) < 4.78 is 13.4. The third-order valence-electron chi connectivity index (χ3n) is 8.99. The van der Waals surface area contributed by atoms with E-state index in [1.807, 2.05) is 0 Å². The van der Waals surface area contributed by atoms with E-state index in [9.17, 15) is 5.11 Å². The fraction of sp³-hybridized carbons (Fsp3) is 0.786. The van der Waals surface area contributed by atoms with Gasteiger partial charge < -0.3 is 14.3 Å². The summed E-state index contributed by atoms with van der Waals surface area (Å²) in [6.07, 6.45) is 11.3. The van der Waals surface area contributed by atoms with Crippen molar-refractivity contribution in [3.05, 3.63) is 29.8 Å². The molecule has 3 atom stereocenters. The zero-order valence-electron chi connectivity index (χ0n) is 22.0. The van der Waals surface area contributed by atoms with Crippen molar-refractivity contribution in [2.45, 2.75) is 114 Å². The van der Waals surface area contributed by atoms with Gasteiger partial charge in [0.25, 0.3) is 5.79 Å². The second-order valence-electron chi connectivity index (χ2n) is 12.2. The Bertz CT molecular complexity index is 805. The van der Waals surface area contributed by atoms with E-state index >= 15 is 0 Å². The Morgan fingerprint density at radius 3 is 2.24 bits per heavy atom. The van der Waals surface area contributed by atoms with Crippen LogP contribution in [0, 0.1) is 11.8 Å². The Hall–Kier alpha value is -0.923. The SMILES string of the molecule is CC(C)(C)[Si](C)(C)Oc1cccc(C2(OCCCCO)OOC23C2CCCCCC3CCC2)c1. The molecule has 3 fully saturated rings. The van der Waals surface area contributed by atoms with Crippen molar-refractivity contribution in [2.75, 3.05) is 13.2 Å². The fourth-order valence-corrected chi connectivity index (χ4v) is 7.09. The van der Waals surface area contributed by atoms with E-state index in [1.54, 1.807) is 0 Å². The predicted molar refractivity (Wildman–Crippen MR) is 137 cm³/mol. The lowest BCUT2D eigenvalue weighted by molar-refractivity contribution is -0.643. The number of ether oxygens (including phenoxy) is 1. The number of aliphatic hydroxyl groups is 1. The highest BCUT2D eigenvalue weighted by Gasteiger charge is 2.73. The van der Waals surface area contributed by atoms with Gasteiger partial charge in [0.1, 0.15) is 5.75 Å². The smallest absolute Gasteiger partial charge is 0.261 e. The van der Waals surface area contributed by atoms with Gasteiger partial charge in [0.15, 0.2) is 5.60 Å². The molecule has 6 heteroatoms. The maximum atomic E-state index is 9.31. The summed E-state index contributed by atoms with van der Waals surface area (Å²) in [7, 11) is -1.98. The summed E-state index contributed by atoms with van der Waals surface area (Å²) >= 11 is 0. The Morgan fingerprint density at radius 1 is 0.971 bits per heavy atom. The molecule has 4 rings (SSSR count). The average Bonchev–Trinajstić information content (AvgIpc) is 2.77. The minimum absolute atomic E-state index is 0.120. The summed E-state index contributed by atoms with van der Waals surface area (Å²) in [6.45, 7) is 12.1. The normalized spacial score (nSPS) is 32.1. The summed E-state index contributed by atoms with van der Waals surface area (Å²) in [5, 5.41) is 9.43. The minimum atomic E-state index is -1.98. The molecule has 1 aliphatic heterocycles. The van der Waals surface area contributed by atoms with Crippen LogP contribution in [0.3, 0.4) is 0 Å². The van der Waals surface area contributed by atoms with Gasteiger partial charge in [-0.1, -0.05) is 58.6 Å². The van der Waals surface area contributed by atoms with Crippen LogP contribution in [-0.2, 0) is 20.3 Å². The molecular formula is C28H46O5Si. The van der Waals surface area contributed by atoms with Crippen LogP contribution < -0.4 is 4.43 Å². The maximum absolute atomic E-state index is 9.31. The lowest BCUT2D eigenvalue weighted by Gasteiger charge is -2.63. The third-order valence-corrected chi connectivity index (χ3v) is 13.3. The van der Waals surface area contributed by atoms with Crippen molar-refractivity contribution in [3.8, 4) is 5.75 Å². The number of unbranched alkanes of at least 4 members (excludes halogenated alkanes) is 1. The Balaban J connectivity index is 1.72. The number of benzene rings is 1. The zero-order chi connectivity index (χ0) is 24.5. The molecule has 1 aromatic rings. The van der Waals surface area contributed by atoms with Crippen LogP contribution in [0.4, 0.5) is 0 Å². The Labute approximate surface area is 207 Å². The first-order chi connectivity index (χ1) is 16.2. The molecule has 34 heavy (non-hydrogen) atoms. The molecule has 1 N–H and O–H groups in total. The largest absolute Gasteiger partial charge is 0.543 e. The molecule has 2 saturated carbocycles. The molecule has 1 heterocycles. The molecule has 0 amide bonds. The maximum Gasteiger partial charge on any atom is 0.261 e. The van der Waals surface area contributed by atoms with E-state index in [0.717, 1.165) is 24.2 Å². The highest BCUT2D eigenvalue weighted by atomic mass is 28.4. The monoisotopic (exact) mass is 490 g/mol. The topological polar surface area (TPSA) is 57.2 Å². The molecular weight excluding hydrogens is 444 g/mol. The zero-order valence-corrected chi connectivity index (χ0v) is 23.0. The lowest BCUT2D eigenvalue weighted by Crippen LogP contribution is -2.73. The Morgan fingerprint density at radius 2 is 1.65 bits per heavy atom. The van der Waals surface area contributed by atoms with E-state index in [4.69, 9.17) is 18.9 Å². The van der Waals surface area contributed by atoms with Crippen LogP contribution in [-0.4, -0.2) is 32.2 Å². The van der Waals surface area contributed by atoms with Gasteiger partial charge in [-0.05, 0) is 80.6 Å². The predicted octanol–water partition coefficient (Wildman–Crippen LogP) is 7.09. The summed E-state index contributed by atoms with van der Waals surface area (Å²) in [5.74, 6) is 0.845. The third kappa shape index (κ3) is 4.61. The van der Waals surface area contributed by atoms with Crippen LogP contribution in [0.1, 0.15) is 90.5 Å². The van der Waals surface area contributed by atoms with Crippen LogP contribution in [0.5, 0.6) is 5.75 Å². The molecule has 1 spiro atoms. The van der Waals surface area contributed by atoms with Crippen molar-refractivity contribution in [1.82, 2.24) is 0 Å². The van der Waals surface area contributed by atoms with E-state index < -0.39 is 19.7 Å². The van der Waals surface area contributed by atoms with Gasteiger partial charge in [0.2, 0.25) is 8.32 Å². The quantitative estimate of drug-likeness (QED) is 0.239. The fourth-order valence-electron chi connectivity index (χ4n) is 6.07. The average molecular weight is 491 g/mol. The first-order valence-corrected chi connectivity index (χ1v) is 16.5. The molecule has 2 aliphatic carbocycles. The first-order valence-electron chi connectivity index (χ1n) is 13.6. The first kappa shape index (κ1) is 26.1. The van der Waals surface area contributed by atoms with Gasteiger partial charge in [-0.3, -0.25) is 0 Å². The van der Waals surface area contributed by atoms with Crippen LogP contribution >= 0.6 is 0 Å². The highest BCUT2D eigenvalue weighted by Crippen LogP contribution is 2.63. The molecule has 2 bridgehead atoms. The minimum Gasteiger partial charge on any atom is -0.543 e. The van der Waals surface area contributed by atoms with Crippen molar-refractivity contribution in [1.29, 1.82) is 0 Å². The van der Waals surface area contributed by atoms with Gasteiger partial charge in [-0.25, -0.2) is 4.89 Å². The molecule has 1 saturated heterocycles. The summed E-state index contributed by atoms with van der Waals surface area (Å²) in [4.78, 5) is 12.4. The van der Waals surface area contributed by atoms with Crippen LogP contribution in [0.25, 0.3) is 0 Å². The number of hydrogen-bond donors (Lipinski definition) is 1. The van der Waals surface area contributed by atoms with E-state index in [-0.39, 0.29) is 11.6 Å². The standard InChI is InChI=1S/C28H46O5Si/c1-26(2,3)34(4,5)31-25-18-12-17-24(21-25)28(30-20-10-9-19-29)27(32-33-28)22-13-7-6-8-14-23(27)16-11-15-22/h12,17-18,21-23,29H,6-11,13-16,19-20H2,1-5H3. The van der Waals surface area contributed by atoms with Crippen LogP contribution in [0.15, 0.2) is 24.3 Å². The number of hydrogen-bond acceptors (Lipinski definition) is 5. The number of aliphatic hydroxyl groups excluding tert-OH is 1. The number of rotatable bonds is 8. The van der Waals surface area contributed by atoms with Gasteiger partial charge in [0.05, 0.1) is 6.61 Å². The summed E-state index contributed by atoms with van der Waals surface area (Å²) in [6, 6.07) is 8.41. The molecule has 1 aromatic carbocycles. The van der Waals surface area contributed by atoms with Crippen molar-refractivity contribution >= 4 is 8.32 Å².